The summed E-state index contributed by atoms with van der Waals surface area (Å²) in [7, 11) is 0. The number of aromatic nitrogens is 2. The molecule has 1 aromatic carbocycles. The van der Waals surface area contributed by atoms with Gasteiger partial charge < -0.3 is 15.6 Å². The number of aryl methyl sites for hydroxylation is 1. The fraction of sp³-hybridized carbons (Fsp3) is 0.438. The van der Waals surface area contributed by atoms with E-state index >= 15 is 0 Å². The number of hydrogen-bond acceptors (Lipinski definition) is 3. The molecular formula is C16H20N4O2. The van der Waals surface area contributed by atoms with Crippen molar-refractivity contribution in [1.29, 1.82) is 0 Å². The van der Waals surface area contributed by atoms with Crippen LogP contribution in [0.3, 0.4) is 0 Å². The highest BCUT2D eigenvalue weighted by Crippen LogP contribution is 2.19. The molecule has 2 heterocycles. The van der Waals surface area contributed by atoms with Crippen molar-refractivity contribution in [2.45, 2.75) is 26.2 Å². The monoisotopic (exact) mass is 300 g/mol. The lowest BCUT2D eigenvalue weighted by Crippen LogP contribution is -2.42. The van der Waals surface area contributed by atoms with E-state index in [9.17, 15) is 9.59 Å². The van der Waals surface area contributed by atoms with Crippen molar-refractivity contribution in [3.05, 3.63) is 29.6 Å². The summed E-state index contributed by atoms with van der Waals surface area (Å²) in [5.74, 6) is 0.617. The van der Waals surface area contributed by atoms with Crippen LogP contribution in [0.4, 0.5) is 0 Å². The highest BCUT2D eigenvalue weighted by atomic mass is 16.2. The minimum absolute atomic E-state index is 0.0895. The van der Waals surface area contributed by atoms with E-state index in [4.69, 9.17) is 5.73 Å². The third kappa shape index (κ3) is 2.95. The third-order valence-electron chi connectivity index (χ3n) is 4.27. The number of likely N-dealkylation sites (tertiary alicyclic amines) is 1. The molecule has 116 valence electrons. The second kappa shape index (κ2) is 5.79. The average Bonchev–Trinajstić information content (AvgIpc) is 2.86. The number of primary amides is 1. The number of imidazole rings is 1. The lowest BCUT2D eigenvalue weighted by molar-refractivity contribution is -0.134. The lowest BCUT2D eigenvalue weighted by Gasteiger charge is -2.30. The summed E-state index contributed by atoms with van der Waals surface area (Å²) in [4.78, 5) is 32.9. The number of nitrogens with one attached hydrogen (secondary N) is 1. The molecule has 3 rings (SSSR count). The molecule has 1 aliphatic rings. The predicted octanol–water partition coefficient (Wildman–Crippen LogP) is 1.14. The lowest BCUT2D eigenvalue weighted by atomic mass is 9.96. The molecule has 0 unspecified atom stereocenters. The van der Waals surface area contributed by atoms with Gasteiger partial charge in [-0.3, -0.25) is 9.59 Å². The molecule has 1 aromatic heterocycles. The second-order valence-electron chi connectivity index (χ2n) is 5.91. The summed E-state index contributed by atoms with van der Waals surface area (Å²) < 4.78 is 0. The van der Waals surface area contributed by atoms with Crippen LogP contribution >= 0.6 is 0 Å². The summed E-state index contributed by atoms with van der Waals surface area (Å²) in [6.45, 7) is 3.13. The molecule has 3 N–H and O–H groups in total. The van der Waals surface area contributed by atoms with Gasteiger partial charge in [0.25, 0.3) is 0 Å². The molecule has 22 heavy (non-hydrogen) atoms. The van der Waals surface area contributed by atoms with Crippen LogP contribution in [0.1, 0.15) is 24.2 Å². The molecule has 6 nitrogen and oxygen atoms in total. The highest BCUT2D eigenvalue weighted by molar-refractivity contribution is 5.82. The second-order valence-corrected chi connectivity index (χ2v) is 5.91. The van der Waals surface area contributed by atoms with Crippen molar-refractivity contribution < 1.29 is 9.59 Å². The fourth-order valence-corrected chi connectivity index (χ4v) is 2.99. The SMILES string of the molecule is Cc1nc2ccc(CC(=O)N3CCC(C(N)=O)CC3)cc2[nH]1. The van der Waals surface area contributed by atoms with Crippen molar-refractivity contribution in [3.8, 4) is 0 Å². The number of aromatic amines is 1. The first-order valence-corrected chi connectivity index (χ1v) is 7.55. The Balaban J connectivity index is 1.64. The van der Waals surface area contributed by atoms with Gasteiger partial charge in [0.2, 0.25) is 11.8 Å². The van der Waals surface area contributed by atoms with Crippen LogP contribution in [0.25, 0.3) is 11.0 Å². The number of nitrogens with two attached hydrogens (primary N) is 1. The van der Waals surface area contributed by atoms with Crippen LogP contribution in [-0.2, 0) is 16.0 Å². The first-order valence-electron chi connectivity index (χ1n) is 7.55. The molecule has 1 saturated heterocycles. The molecule has 0 radical (unpaired) electrons. The summed E-state index contributed by atoms with van der Waals surface area (Å²) >= 11 is 0. The van der Waals surface area contributed by atoms with Crippen LogP contribution in [0.2, 0.25) is 0 Å². The molecule has 0 bridgehead atoms. The van der Waals surface area contributed by atoms with Gasteiger partial charge in [0.05, 0.1) is 17.5 Å². The van der Waals surface area contributed by atoms with Crippen LogP contribution in [-0.4, -0.2) is 39.8 Å². The summed E-state index contributed by atoms with van der Waals surface area (Å²) in [6, 6.07) is 5.85. The Bertz CT molecular complexity index is 714. The number of rotatable bonds is 3. The van der Waals surface area contributed by atoms with Gasteiger partial charge in [-0.05, 0) is 37.5 Å². The topological polar surface area (TPSA) is 92.1 Å². The Morgan fingerprint density at radius 3 is 2.77 bits per heavy atom. The van der Waals surface area contributed by atoms with Gasteiger partial charge in [-0.1, -0.05) is 6.07 Å². The van der Waals surface area contributed by atoms with E-state index in [2.05, 4.69) is 9.97 Å². The van der Waals surface area contributed by atoms with Crippen molar-refractivity contribution in [2.75, 3.05) is 13.1 Å². The number of carbonyl (C=O) groups is 2. The highest BCUT2D eigenvalue weighted by Gasteiger charge is 2.25. The van der Waals surface area contributed by atoms with E-state index in [0.717, 1.165) is 22.4 Å². The van der Waals surface area contributed by atoms with Crippen molar-refractivity contribution in [3.63, 3.8) is 0 Å². The maximum absolute atomic E-state index is 12.4. The van der Waals surface area contributed by atoms with Crippen LogP contribution in [0, 0.1) is 12.8 Å². The Hall–Kier alpha value is -2.37. The standard InChI is InChI=1S/C16H20N4O2/c1-10-18-13-3-2-11(8-14(13)19-10)9-15(21)20-6-4-12(5-7-20)16(17)22/h2-3,8,12H,4-7,9H2,1H3,(H2,17,22)(H,18,19). The van der Waals surface area contributed by atoms with Gasteiger partial charge >= 0.3 is 0 Å². The Kier molecular flexibility index (Phi) is 3.83. The van der Waals surface area contributed by atoms with E-state index in [1.807, 2.05) is 30.0 Å². The number of H-pyrrole nitrogens is 1. The van der Waals surface area contributed by atoms with Gasteiger partial charge in [-0.2, -0.15) is 0 Å². The maximum Gasteiger partial charge on any atom is 0.226 e. The summed E-state index contributed by atoms with van der Waals surface area (Å²) in [6.07, 6.45) is 1.70. The van der Waals surface area contributed by atoms with E-state index in [0.29, 0.717) is 32.4 Å². The largest absolute Gasteiger partial charge is 0.369 e. The molecule has 0 aliphatic carbocycles. The molecule has 0 saturated carbocycles. The predicted molar refractivity (Wildman–Crippen MR) is 83.0 cm³/mol. The molecule has 2 amide bonds. The number of carbonyl (C=O) groups excluding carboxylic acids is 2. The zero-order chi connectivity index (χ0) is 15.7. The smallest absolute Gasteiger partial charge is 0.226 e. The quantitative estimate of drug-likeness (QED) is 0.890. The van der Waals surface area contributed by atoms with Crippen molar-refractivity contribution >= 4 is 22.8 Å². The fourth-order valence-electron chi connectivity index (χ4n) is 2.99. The molecule has 1 aliphatic heterocycles. The molecular weight excluding hydrogens is 280 g/mol. The van der Waals surface area contributed by atoms with Gasteiger partial charge in [0, 0.05) is 19.0 Å². The molecule has 0 spiro atoms. The van der Waals surface area contributed by atoms with E-state index in [1.54, 1.807) is 0 Å². The number of nitrogens with zero attached hydrogens (tertiary/aromatic N) is 2. The minimum atomic E-state index is -0.257. The van der Waals surface area contributed by atoms with Gasteiger partial charge in [0.15, 0.2) is 0 Å². The summed E-state index contributed by atoms with van der Waals surface area (Å²) in [5, 5.41) is 0. The third-order valence-corrected chi connectivity index (χ3v) is 4.27. The van der Waals surface area contributed by atoms with E-state index in [1.165, 1.54) is 0 Å². The zero-order valence-electron chi connectivity index (χ0n) is 12.6. The number of piperidine rings is 1. The first-order chi connectivity index (χ1) is 10.5. The zero-order valence-corrected chi connectivity index (χ0v) is 12.6. The van der Waals surface area contributed by atoms with Crippen LogP contribution in [0.5, 0.6) is 0 Å². The first kappa shape index (κ1) is 14.6. The molecule has 6 heteroatoms. The normalized spacial score (nSPS) is 16.1. The van der Waals surface area contributed by atoms with Gasteiger partial charge in [0.1, 0.15) is 5.82 Å². The van der Waals surface area contributed by atoms with Crippen molar-refractivity contribution in [1.82, 2.24) is 14.9 Å². The Labute approximate surface area is 128 Å². The summed E-state index contributed by atoms with van der Waals surface area (Å²) in [5.41, 5.74) is 8.15. The molecule has 1 fully saturated rings. The number of hydrogen-bond donors (Lipinski definition) is 2. The Morgan fingerprint density at radius 1 is 1.36 bits per heavy atom. The molecule has 0 atom stereocenters. The van der Waals surface area contributed by atoms with Crippen LogP contribution in [0.15, 0.2) is 18.2 Å². The molecule has 2 aromatic rings. The average molecular weight is 300 g/mol. The number of benzene rings is 1. The minimum Gasteiger partial charge on any atom is -0.369 e. The van der Waals surface area contributed by atoms with Gasteiger partial charge in [-0.15, -0.1) is 0 Å². The van der Waals surface area contributed by atoms with E-state index in [-0.39, 0.29) is 17.7 Å². The number of amides is 2. The number of fused-ring (bicyclic) bond motifs is 1. The van der Waals surface area contributed by atoms with Crippen molar-refractivity contribution in [2.24, 2.45) is 11.7 Å². The van der Waals surface area contributed by atoms with Crippen LogP contribution < -0.4 is 5.73 Å². The maximum atomic E-state index is 12.4. The van der Waals surface area contributed by atoms with Gasteiger partial charge in [-0.25, -0.2) is 4.98 Å². The van der Waals surface area contributed by atoms with E-state index < -0.39 is 0 Å². The Morgan fingerprint density at radius 2 is 2.09 bits per heavy atom.